The summed E-state index contributed by atoms with van der Waals surface area (Å²) in [5.41, 5.74) is 8.40. The molecule has 2 aromatic rings. The molecule has 0 fully saturated rings. The topological polar surface area (TPSA) is 64.4 Å². The molecule has 0 aromatic heterocycles. The molecule has 1 aliphatic heterocycles. The van der Waals surface area contributed by atoms with Gasteiger partial charge in [0, 0.05) is 16.8 Å². The van der Waals surface area contributed by atoms with Gasteiger partial charge in [-0.1, -0.05) is 33.8 Å². The fraction of sp³-hybridized carbons (Fsp3) is 0.435. The molecule has 28 heavy (non-hydrogen) atoms. The Morgan fingerprint density at radius 3 is 2.39 bits per heavy atom. The number of carbonyl (C=O) groups excluding carboxylic acids is 1. The number of nitrogens with two attached hydrogens (primary N) is 1. The molecule has 0 unspecified atom stereocenters. The lowest BCUT2D eigenvalue weighted by molar-refractivity contribution is 0.0543. The van der Waals surface area contributed by atoms with Gasteiger partial charge in [0.05, 0.1) is 5.69 Å². The Labute approximate surface area is 167 Å². The van der Waals surface area contributed by atoms with Crippen LogP contribution in [-0.4, -0.2) is 11.5 Å². The Morgan fingerprint density at radius 2 is 1.79 bits per heavy atom. The van der Waals surface area contributed by atoms with Crippen LogP contribution in [0.1, 0.15) is 69.4 Å². The van der Waals surface area contributed by atoms with Crippen molar-refractivity contribution in [2.45, 2.75) is 65.9 Å². The van der Waals surface area contributed by atoms with E-state index in [0.29, 0.717) is 28.3 Å². The number of nitrogens with one attached hydrogen (secondary N) is 1. The maximum absolute atomic E-state index is 13.7. The van der Waals surface area contributed by atoms with Crippen molar-refractivity contribution in [1.29, 1.82) is 0 Å². The van der Waals surface area contributed by atoms with Gasteiger partial charge in [0.15, 0.2) is 0 Å². The van der Waals surface area contributed by atoms with Crippen LogP contribution in [0.2, 0.25) is 0 Å². The van der Waals surface area contributed by atoms with E-state index < -0.39 is 0 Å². The van der Waals surface area contributed by atoms with Crippen LogP contribution in [0.4, 0.5) is 15.8 Å². The Morgan fingerprint density at radius 1 is 1.14 bits per heavy atom. The molecule has 1 aliphatic rings. The summed E-state index contributed by atoms with van der Waals surface area (Å²) in [6, 6.07) is 8.04. The van der Waals surface area contributed by atoms with Crippen LogP contribution >= 0.6 is 0 Å². The fourth-order valence-electron chi connectivity index (χ4n) is 3.74. The number of hydrogen-bond donors (Lipinski definition) is 2. The summed E-state index contributed by atoms with van der Waals surface area (Å²) in [5, 5.41) is 2.73. The minimum absolute atomic E-state index is 0.183. The lowest BCUT2D eigenvalue weighted by Gasteiger charge is -2.43. The van der Waals surface area contributed by atoms with Crippen molar-refractivity contribution >= 4 is 17.3 Å². The van der Waals surface area contributed by atoms with Gasteiger partial charge in [0.1, 0.15) is 17.2 Å². The summed E-state index contributed by atoms with van der Waals surface area (Å²) in [4.78, 5) is 12.7. The highest BCUT2D eigenvalue weighted by Crippen LogP contribution is 2.47. The van der Waals surface area contributed by atoms with Crippen LogP contribution in [0.5, 0.6) is 5.75 Å². The molecule has 1 amide bonds. The number of benzene rings is 2. The minimum Gasteiger partial charge on any atom is -0.485 e. The van der Waals surface area contributed by atoms with Crippen molar-refractivity contribution in [2.75, 3.05) is 11.1 Å². The third-order valence-corrected chi connectivity index (χ3v) is 4.78. The number of aryl methyl sites for hydroxylation is 1. The van der Waals surface area contributed by atoms with Gasteiger partial charge in [-0.15, -0.1) is 0 Å². The summed E-state index contributed by atoms with van der Waals surface area (Å²) in [5.74, 6) is -0.0444. The van der Waals surface area contributed by atoms with Gasteiger partial charge in [-0.25, -0.2) is 4.39 Å². The van der Waals surface area contributed by atoms with Crippen molar-refractivity contribution in [3.8, 4) is 5.75 Å². The zero-order chi connectivity index (χ0) is 21.3. The summed E-state index contributed by atoms with van der Waals surface area (Å²) in [7, 11) is 0. The molecule has 2 aromatic carbocycles. The second kappa shape index (κ2) is 7.82. The number of amides is 1. The smallest absolute Gasteiger partial charge is 0.255 e. The highest BCUT2D eigenvalue weighted by Gasteiger charge is 2.40. The van der Waals surface area contributed by atoms with Crippen molar-refractivity contribution in [1.82, 2.24) is 0 Å². The second-order valence-corrected chi connectivity index (χ2v) is 8.28. The van der Waals surface area contributed by atoms with E-state index in [1.807, 2.05) is 33.8 Å². The maximum atomic E-state index is 13.7. The first-order valence-corrected chi connectivity index (χ1v) is 9.69. The van der Waals surface area contributed by atoms with Crippen LogP contribution in [0.25, 0.3) is 0 Å². The average Bonchev–Trinajstić information content (AvgIpc) is 2.59. The normalized spacial score (nSPS) is 16.1. The van der Waals surface area contributed by atoms with E-state index in [-0.39, 0.29) is 22.7 Å². The third kappa shape index (κ3) is 4.46. The minimum atomic E-state index is -0.357. The number of rotatable bonds is 2. The van der Waals surface area contributed by atoms with Crippen LogP contribution in [0.15, 0.2) is 30.3 Å². The Balaban J connectivity index is 0.00000136. The predicted octanol–water partition coefficient (Wildman–Crippen LogP) is 5.83. The maximum Gasteiger partial charge on any atom is 0.255 e. The van der Waals surface area contributed by atoms with Crippen molar-refractivity contribution < 1.29 is 13.9 Å². The lowest BCUT2D eigenvalue weighted by Crippen LogP contribution is -2.41. The summed E-state index contributed by atoms with van der Waals surface area (Å²) < 4.78 is 19.8. The summed E-state index contributed by atoms with van der Waals surface area (Å²) in [6.45, 7) is 14.0. The van der Waals surface area contributed by atoms with Crippen molar-refractivity contribution in [3.05, 3.63) is 52.8 Å². The van der Waals surface area contributed by atoms with Crippen LogP contribution in [0, 0.1) is 12.7 Å². The molecule has 0 saturated carbocycles. The van der Waals surface area contributed by atoms with E-state index >= 15 is 0 Å². The predicted molar refractivity (Wildman–Crippen MR) is 114 cm³/mol. The first-order valence-electron chi connectivity index (χ1n) is 9.69. The molecule has 0 atom stereocenters. The molecule has 1 heterocycles. The van der Waals surface area contributed by atoms with Gasteiger partial charge in [0.2, 0.25) is 0 Å². The number of nitrogen functional groups attached to an aromatic ring is 1. The van der Waals surface area contributed by atoms with Gasteiger partial charge >= 0.3 is 0 Å². The molecule has 0 saturated heterocycles. The van der Waals surface area contributed by atoms with E-state index in [4.69, 9.17) is 10.5 Å². The number of halogens is 1. The third-order valence-electron chi connectivity index (χ3n) is 4.78. The zero-order valence-electron chi connectivity index (χ0n) is 17.9. The monoisotopic (exact) mass is 386 g/mol. The van der Waals surface area contributed by atoms with Gasteiger partial charge in [-0.2, -0.15) is 0 Å². The van der Waals surface area contributed by atoms with Crippen molar-refractivity contribution in [3.63, 3.8) is 0 Å². The molecule has 152 valence electrons. The molecule has 0 aliphatic carbocycles. The Hall–Kier alpha value is -2.56. The standard InChI is InChI=1S/C21H25FN2O2.C2H6/c1-12-6-7-14(10-16(12)22)24-19(25)13-8-15-18(17(23)9-13)26-21(4,5)11-20(15,2)3;1-2/h6-10H,11,23H2,1-5H3,(H,24,25);1-2H3. The second-order valence-electron chi connectivity index (χ2n) is 8.28. The van der Waals surface area contributed by atoms with Crippen LogP contribution in [0.3, 0.4) is 0 Å². The van der Waals surface area contributed by atoms with E-state index in [9.17, 15) is 9.18 Å². The number of hydrogen-bond acceptors (Lipinski definition) is 3. The SMILES string of the molecule is CC.Cc1ccc(NC(=O)c2cc(N)c3c(c2)C(C)(C)CC(C)(C)O3)cc1F. The molecule has 5 heteroatoms. The number of anilines is 2. The Kier molecular flexibility index (Phi) is 6.07. The largest absolute Gasteiger partial charge is 0.485 e. The number of carbonyl (C=O) groups is 1. The van der Waals surface area contributed by atoms with Crippen molar-refractivity contribution in [2.24, 2.45) is 0 Å². The first-order chi connectivity index (χ1) is 13.0. The Bertz CT molecular complexity index is 888. The molecule has 3 N–H and O–H groups in total. The molecule has 0 radical (unpaired) electrons. The quantitative estimate of drug-likeness (QED) is 0.638. The lowest BCUT2D eigenvalue weighted by atomic mass is 9.73. The molecule has 3 rings (SSSR count). The molecule has 4 nitrogen and oxygen atoms in total. The molecular weight excluding hydrogens is 355 g/mol. The van der Waals surface area contributed by atoms with E-state index in [2.05, 4.69) is 19.2 Å². The number of ether oxygens (including phenoxy) is 1. The van der Waals surface area contributed by atoms with Gasteiger partial charge < -0.3 is 15.8 Å². The summed E-state index contributed by atoms with van der Waals surface area (Å²) in [6.07, 6.45) is 0.806. The van der Waals surface area contributed by atoms with E-state index in [1.54, 1.807) is 25.1 Å². The fourth-order valence-corrected chi connectivity index (χ4v) is 3.74. The molecule has 0 bridgehead atoms. The van der Waals surface area contributed by atoms with Gasteiger partial charge in [0.25, 0.3) is 5.91 Å². The van der Waals surface area contributed by atoms with Crippen LogP contribution < -0.4 is 15.8 Å². The molecule has 0 spiro atoms. The highest BCUT2D eigenvalue weighted by molar-refractivity contribution is 6.05. The summed E-state index contributed by atoms with van der Waals surface area (Å²) >= 11 is 0. The highest BCUT2D eigenvalue weighted by atomic mass is 19.1. The van der Waals surface area contributed by atoms with E-state index in [1.165, 1.54) is 6.07 Å². The van der Waals surface area contributed by atoms with Gasteiger partial charge in [-0.05, 0) is 62.4 Å². The average molecular weight is 387 g/mol. The number of fused-ring (bicyclic) bond motifs is 1. The first kappa shape index (κ1) is 21.7. The van der Waals surface area contributed by atoms with Gasteiger partial charge in [-0.3, -0.25) is 4.79 Å². The molecular formula is C23H31FN2O2. The van der Waals surface area contributed by atoms with E-state index in [0.717, 1.165) is 12.0 Å². The van der Waals surface area contributed by atoms with Crippen LogP contribution in [-0.2, 0) is 5.41 Å². The zero-order valence-corrected chi connectivity index (χ0v) is 17.9.